The second-order valence-corrected chi connectivity index (χ2v) is 3.96. The van der Waals surface area contributed by atoms with E-state index in [-0.39, 0.29) is 6.29 Å². The van der Waals surface area contributed by atoms with Gasteiger partial charge in [0.2, 0.25) is 0 Å². The third-order valence-electron chi connectivity index (χ3n) is 1.83. The lowest BCUT2D eigenvalue weighted by Gasteiger charge is -2.15. The molecule has 0 atom stereocenters. The van der Waals surface area contributed by atoms with Crippen LogP contribution in [-0.4, -0.2) is 34.8 Å². The largest absolute Gasteiger partial charge is 0.352 e. The molecule has 1 aromatic heterocycles. The van der Waals surface area contributed by atoms with Gasteiger partial charge < -0.3 is 14.0 Å². The van der Waals surface area contributed by atoms with Gasteiger partial charge in [0.25, 0.3) is 0 Å². The maximum atomic E-state index is 5.44. The average molecular weight is 230 g/mol. The van der Waals surface area contributed by atoms with E-state index in [4.69, 9.17) is 9.47 Å². The Hall–Kier alpha value is -0.520. The lowest BCUT2D eigenvalue weighted by Crippen LogP contribution is -2.20. The van der Waals surface area contributed by atoms with Crippen LogP contribution >= 0.6 is 11.8 Å². The number of aryl methyl sites for hydroxylation is 1. The molecule has 5 heteroatoms. The summed E-state index contributed by atoms with van der Waals surface area (Å²) in [5, 5.41) is 0.986. The van der Waals surface area contributed by atoms with Crippen molar-refractivity contribution in [1.82, 2.24) is 9.55 Å². The highest BCUT2D eigenvalue weighted by atomic mass is 32.2. The topological polar surface area (TPSA) is 36.3 Å². The second-order valence-electron chi connectivity index (χ2n) is 2.97. The fraction of sp³-hybridized carbons (Fsp3) is 0.700. The predicted octanol–water partition coefficient (Wildman–Crippen LogP) is 1.91. The highest BCUT2D eigenvalue weighted by molar-refractivity contribution is 7.99. The maximum absolute atomic E-state index is 5.44. The molecule has 0 N–H and O–H groups in total. The van der Waals surface area contributed by atoms with Crippen LogP contribution < -0.4 is 0 Å². The van der Waals surface area contributed by atoms with E-state index in [9.17, 15) is 0 Å². The van der Waals surface area contributed by atoms with Crippen LogP contribution in [0.1, 0.15) is 13.8 Å². The van der Waals surface area contributed by atoms with Gasteiger partial charge in [-0.1, -0.05) is 11.8 Å². The lowest BCUT2D eigenvalue weighted by molar-refractivity contribution is -0.120. The van der Waals surface area contributed by atoms with Gasteiger partial charge in [0.15, 0.2) is 11.4 Å². The predicted molar refractivity (Wildman–Crippen MR) is 61.0 cm³/mol. The molecule has 86 valence electrons. The SMILES string of the molecule is CCOC(CSc1nccn1C)OCC. The number of nitrogens with zero attached hydrogens (tertiary/aromatic N) is 2. The van der Waals surface area contributed by atoms with Crippen molar-refractivity contribution in [3.63, 3.8) is 0 Å². The first kappa shape index (κ1) is 12.5. The van der Waals surface area contributed by atoms with Crippen molar-refractivity contribution in [1.29, 1.82) is 0 Å². The van der Waals surface area contributed by atoms with E-state index in [2.05, 4.69) is 4.98 Å². The number of hydrogen-bond acceptors (Lipinski definition) is 4. The van der Waals surface area contributed by atoms with Crippen LogP contribution in [0.2, 0.25) is 0 Å². The van der Waals surface area contributed by atoms with Crippen molar-refractivity contribution < 1.29 is 9.47 Å². The van der Waals surface area contributed by atoms with Gasteiger partial charge in [-0.2, -0.15) is 0 Å². The first-order chi connectivity index (χ1) is 7.27. The Morgan fingerprint density at radius 2 is 2.07 bits per heavy atom. The molecule has 0 saturated heterocycles. The van der Waals surface area contributed by atoms with E-state index < -0.39 is 0 Å². The molecule has 0 aliphatic carbocycles. The van der Waals surface area contributed by atoms with E-state index >= 15 is 0 Å². The number of imidazole rings is 1. The second kappa shape index (κ2) is 6.87. The minimum atomic E-state index is -0.137. The zero-order valence-corrected chi connectivity index (χ0v) is 10.3. The molecule has 0 fully saturated rings. The molecular weight excluding hydrogens is 212 g/mol. The van der Waals surface area contributed by atoms with Crippen molar-refractivity contribution >= 4 is 11.8 Å². The van der Waals surface area contributed by atoms with Crippen LogP contribution in [0, 0.1) is 0 Å². The van der Waals surface area contributed by atoms with Crippen LogP contribution in [-0.2, 0) is 16.5 Å². The Morgan fingerprint density at radius 3 is 2.53 bits per heavy atom. The molecule has 0 spiro atoms. The maximum Gasteiger partial charge on any atom is 0.167 e. The summed E-state index contributed by atoms with van der Waals surface area (Å²) in [6, 6.07) is 0. The van der Waals surface area contributed by atoms with Crippen LogP contribution in [0.15, 0.2) is 17.6 Å². The fourth-order valence-electron chi connectivity index (χ4n) is 1.15. The summed E-state index contributed by atoms with van der Waals surface area (Å²) < 4.78 is 12.9. The standard InChI is InChI=1S/C10H18N2O2S/c1-4-13-9(14-5-2)8-15-10-11-6-7-12(10)3/h6-7,9H,4-5,8H2,1-3H3. The van der Waals surface area contributed by atoms with Crippen LogP contribution in [0.5, 0.6) is 0 Å². The lowest BCUT2D eigenvalue weighted by atomic mass is 10.7. The minimum absolute atomic E-state index is 0.137. The molecule has 0 aliphatic heterocycles. The zero-order valence-electron chi connectivity index (χ0n) is 9.47. The van der Waals surface area contributed by atoms with E-state index in [1.807, 2.05) is 31.7 Å². The van der Waals surface area contributed by atoms with Crippen LogP contribution in [0.25, 0.3) is 0 Å². The normalized spacial score (nSPS) is 11.2. The van der Waals surface area contributed by atoms with E-state index in [0.717, 1.165) is 10.9 Å². The van der Waals surface area contributed by atoms with E-state index in [0.29, 0.717) is 13.2 Å². The molecule has 1 rings (SSSR count). The van der Waals surface area contributed by atoms with Gasteiger partial charge in [0.05, 0.1) is 5.75 Å². The highest BCUT2D eigenvalue weighted by Gasteiger charge is 2.10. The first-order valence-electron chi connectivity index (χ1n) is 5.11. The van der Waals surface area contributed by atoms with Crippen LogP contribution in [0.3, 0.4) is 0 Å². The summed E-state index contributed by atoms with van der Waals surface area (Å²) in [4.78, 5) is 4.22. The third kappa shape index (κ3) is 4.24. The monoisotopic (exact) mass is 230 g/mol. The number of hydrogen-bond donors (Lipinski definition) is 0. The van der Waals surface area contributed by atoms with E-state index in [1.54, 1.807) is 18.0 Å². The summed E-state index contributed by atoms with van der Waals surface area (Å²) in [5.74, 6) is 0.770. The summed E-state index contributed by atoms with van der Waals surface area (Å²) in [6.45, 7) is 5.28. The van der Waals surface area contributed by atoms with Crippen molar-refractivity contribution in [2.75, 3.05) is 19.0 Å². The Morgan fingerprint density at radius 1 is 1.40 bits per heavy atom. The van der Waals surface area contributed by atoms with Crippen molar-refractivity contribution in [2.24, 2.45) is 7.05 Å². The fourth-order valence-corrected chi connectivity index (χ4v) is 2.03. The molecule has 0 radical (unpaired) electrons. The number of thioether (sulfide) groups is 1. The van der Waals surface area contributed by atoms with Crippen molar-refractivity contribution in [2.45, 2.75) is 25.3 Å². The Kier molecular flexibility index (Phi) is 5.75. The van der Waals surface area contributed by atoms with Gasteiger partial charge in [-0.15, -0.1) is 0 Å². The quantitative estimate of drug-likeness (QED) is 0.529. The average Bonchev–Trinajstić information content (AvgIpc) is 2.61. The van der Waals surface area contributed by atoms with Gasteiger partial charge in [-0.25, -0.2) is 4.98 Å². The molecule has 0 unspecified atom stereocenters. The molecule has 1 aromatic rings. The molecule has 15 heavy (non-hydrogen) atoms. The molecule has 0 saturated carbocycles. The molecule has 0 amide bonds. The summed E-state index contributed by atoms with van der Waals surface area (Å²) in [7, 11) is 1.98. The number of rotatable bonds is 7. The zero-order chi connectivity index (χ0) is 11.1. The molecule has 1 heterocycles. The van der Waals surface area contributed by atoms with Gasteiger partial charge >= 0.3 is 0 Å². The third-order valence-corrected chi connectivity index (χ3v) is 2.92. The molecule has 0 aliphatic rings. The summed E-state index contributed by atoms with van der Waals surface area (Å²) in [6.07, 6.45) is 3.58. The van der Waals surface area contributed by atoms with E-state index in [1.165, 1.54) is 0 Å². The van der Waals surface area contributed by atoms with Crippen LogP contribution in [0.4, 0.5) is 0 Å². The van der Waals surface area contributed by atoms with Crippen molar-refractivity contribution in [3.8, 4) is 0 Å². The smallest absolute Gasteiger partial charge is 0.167 e. The molecule has 0 aromatic carbocycles. The van der Waals surface area contributed by atoms with Gasteiger partial charge in [-0.3, -0.25) is 0 Å². The molecule has 0 bridgehead atoms. The summed E-state index contributed by atoms with van der Waals surface area (Å²) in [5.41, 5.74) is 0. The molecular formula is C10H18N2O2S. The number of aromatic nitrogens is 2. The molecule has 4 nitrogen and oxygen atoms in total. The Balaban J connectivity index is 2.36. The minimum Gasteiger partial charge on any atom is -0.352 e. The number of ether oxygens (including phenoxy) is 2. The van der Waals surface area contributed by atoms with Gasteiger partial charge in [0.1, 0.15) is 0 Å². The van der Waals surface area contributed by atoms with Gasteiger partial charge in [-0.05, 0) is 13.8 Å². The van der Waals surface area contributed by atoms with Gasteiger partial charge in [0, 0.05) is 32.7 Å². The summed E-state index contributed by atoms with van der Waals surface area (Å²) >= 11 is 1.64. The Bertz CT molecular complexity index is 272. The Labute approximate surface area is 95.0 Å². The van der Waals surface area contributed by atoms with Crippen molar-refractivity contribution in [3.05, 3.63) is 12.4 Å². The first-order valence-corrected chi connectivity index (χ1v) is 6.09. The highest BCUT2D eigenvalue weighted by Crippen LogP contribution is 2.17.